The van der Waals surface area contributed by atoms with Crippen molar-refractivity contribution in [2.24, 2.45) is 0 Å². The first-order chi connectivity index (χ1) is 9.66. The van der Waals surface area contributed by atoms with Gasteiger partial charge < -0.3 is 10.6 Å². The minimum Gasteiger partial charge on any atom is -0.353 e. The summed E-state index contributed by atoms with van der Waals surface area (Å²) in [4.78, 5) is 0. The van der Waals surface area contributed by atoms with Gasteiger partial charge in [-0.2, -0.15) is 0 Å². The number of rotatable bonds is 2. The normalized spacial score (nSPS) is 21.4. The quantitative estimate of drug-likeness (QED) is 0.712. The van der Waals surface area contributed by atoms with Crippen LogP contribution in [0.1, 0.15) is 23.2 Å². The molecule has 2 atom stereocenters. The summed E-state index contributed by atoms with van der Waals surface area (Å²) < 4.78 is 2.17. The maximum atomic E-state index is 5.31. The Hall–Kier alpha value is -0.910. The van der Waals surface area contributed by atoms with Crippen molar-refractivity contribution < 1.29 is 0 Å². The van der Waals surface area contributed by atoms with Crippen LogP contribution < -0.4 is 10.6 Å². The molecule has 2 aromatic rings. The molecule has 0 radical (unpaired) electrons. The minimum absolute atomic E-state index is 0.108. The van der Waals surface area contributed by atoms with Crippen LogP contribution in [0.25, 0.3) is 0 Å². The Labute approximate surface area is 140 Å². The summed E-state index contributed by atoms with van der Waals surface area (Å²) in [5.74, 6) is 0. The average Bonchev–Trinajstić information content (AvgIpc) is 2.81. The summed E-state index contributed by atoms with van der Waals surface area (Å²) in [6, 6.07) is 16.7. The van der Waals surface area contributed by atoms with Crippen molar-refractivity contribution in [3.8, 4) is 0 Å². The van der Waals surface area contributed by atoms with Gasteiger partial charge in [-0.05, 0) is 35.5 Å². The lowest BCUT2D eigenvalue weighted by atomic mass is 9.95. The van der Waals surface area contributed by atoms with Crippen molar-refractivity contribution in [3.63, 3.8) is 0 Å². The number of nitrogens with one attached hydrogen (secondary N) is 2. The van der Waals surface area contributed by atoms with Crippen LogP contribution in [-0.4, -0.2) is 5.11 Å². The van der Waals surface area contributed by atoms with Crippen LogP contribution >= 0.6 is 44.1 Å². The van der Waals surface area contributed by atoms with E-state index in [9.17, 15) is 0 Å². The molecule has 1 aliphatic heterocycles. The summed E-state index contributed by atoms with van der Waals surface area (Å²) in [5.41, 5.74) is 2.39. The van der Waals surface area contributed by atoms with Gasteiger partial charge in [-0.1, -0.05) is 68.3 Å². The zero-order chi connectivity index (χ0) is 14.1. The zero-order valence-corrected chi connectivity index (χ0v) is 14.4. The molecule has 102 valence electrons. The highest BCUT2D eigenvalue weighted by molar-refractivity contribution is 9.10. The molecular formula is C15H12Br2N2S. The number of thiocarbonyl (C=S) groups is 1. The van der Waals surface area contributed by atoms with Crippen LogP contribution in [-0.2, 0) is 0 Å². The van der Waals surface area contributed by atoms with Gasteiger partial charge in [0.15, 0.2) is 5.11 Å². The Balaban J connectivity index is 2.04. The first kappa shape index (κ1) is 14.0. The van der Waals surface area contributed by atoms with E-state index in [0.29, 0.717) is 5.11 Å². The predicted molar refractivity (Wildman–Crippen MR) is 92.6 cm³/mol. The molecule has 0 saturated carbocycles. The van der Waals surface area contributed by atoms with Gasteiger partial charge in [0.25, 0.3) is 0 Å². The molecule has 0 unspecified atom stereocenters. The van der Waals surface area contributed by atoms with Gasteiger partial charge in [0, 0.05) is 8.95 Å². The highest BCUT2D eigenvalue weighted by Gasteiger charge is 2.33. The molecular weight excluding hydrogens is 400 g/mol. The van der Waals surface area contributed by atoms with Gasteiger partial charge in [-0.25, -0.2) is 0 Å². The fourth-order valence-corrected chi connectivity index (χ4v) is 3.78. The molecule has 20 heavy (non-hydrogen) atoms. The number of benzene rings is 2. The van der Waals surface area contributed by atoms with E-state index >= 15 is 0 Å². The number of hydrogen-bond donors (Lipinski definition) is 2. The molecule has 2 aromatic carbocycles. The maximum Gasteiger partial charge on any atom is 0.167 e. The van der Waals surface area contributed by atoms with Crippen LogP contribution in [0.5, 0.6) is 0 Å². The monoisotopic (exact) mass is 410 g/mol. The highest BCUT2D eigenvalue weighted by atomic mass is 79.9. The molecule has 1 saturated heterocycles. The third-order valence-corrected chi connectivity index (χ3v) is 5.07. The third-order valence-electron chi connectivity index (χ3n) is 3.39. The molecule has 2 nitrogen and oxygen atoms in total. The van der Waals surface area contributed by atoms with E-state index in [1.54, 1.807) is 0 Å². The van der Waals surface area contributed by atoms with E-state index in [2.05, 4.69) is 66.8 Å². The summed E-state index contributed by atoms with van der Waals surface area (Å²) in [7, 11) is 0. The molecule has 3 rings (SSSR count). The van der Waals surface area contributed by atoms with E-state index in [1.165, 1.54) is 11.1 Å². The van der Waals surface area contributed by atoms with E-state index < -0.39 is 0 Å². The van der Waals surface area contributed by atoms with Crippen LogP contribution in [0.4, 0.5) is 0 Å². The van der Waals surface area contributed by atoms with Crippen molar-refractivity contribution in [2.75, 3.05) is 0 Å². The second-order valence-corrected chi connectivity index (χ2v) is 6.73. The molecule has 0 aliphatic carbocycles. The smallest absolute Gasteiger partial charge is 0.167 e. The Kier molecular flexibility index (Phi) is 4.10. The first-order valence-corrected chi connectivity index (χ1v) is 8.22. The predicted octanol–water partition coefficient (Wildman–Crippen LogP) is 4.47. The topological polar surface area (TPSA) is 24.1 Å². The zero-order valence-electron chi connectivity index (χ0n) is 10.4. The molecule has 0 bridgehead atoms. The van der Waals surface area contributed by atoms with Crippen molar-refractivity contribution in [1.29, 1.82) is 0 Å². The second kappa shape index (κ2) is 5.84. The van der Waals surface area contributed by atoms with Gasteiger partial charge in [0.1, 0.15) is 0 Å². The molecule has 0 amide bonds. The molecule has 0 aromatic heterocycles. The van der Waals surface area contributed by atoms with E-state index in [4.69, 9.17) is 12.2 Å². The Morgan fingerprint density at radius 1 is 0.750 bits per heavy atom. The van der Waals surface area contributed by atoms with Crippen molar-refractivity contribution >= 4 is 49.2 Å². The molecule has 0 spiro atoms. The standard InChI is InChI=1S/C15H12Br2N2S/c16-11-7-3-1-5-9(11)13-14(19-15(20)18-13)10-6-2-4-8-12(10)17/h1-8,13-14H,(H2,18,19,20)/t13-,14+. The fraction of sp³-hybridized carbons (Fsp3) is 0.133. The molecule has 1 aliphatic rings. The van der Waals surface area contributed by atoms with E-state index in [-0.39, 0.29) is 12.1 Å². The van der Waals surface area contributed by atoms with Crippen LogP contribution in [0.2, 0.25) is 0 Å². The first-order valence-electron chi connectivity index (χ1n) is 6.22. The Morgan fingerprint density at radius 2 is 1.15 bits per heavy atom. The molecule has 1 heterocycles. The fourth-order valence-electron chi connectivity index (χ4n) is 2.46. The number of halogens is 2. The Bertz CT molecular complexity index is 604. The third kappa shape index (κ3) is 2.62. The van der Waals surface area contributed by atoms with Gasteiger partial charge in [0.05, 0.1) is 12.1 Å². The average molecular weight is 412 g/mol. The maximum absolute atomic E-state index is 5.31. The van der Waals surface area contributed by atoms with Gasteiger partial charge in [-0.3, -0.25) is 0 Å². The Morgan fingerprint density at radius 3 is 1.55 bits per heavy atom. The lowest BCUT2D eigenvalue weighted by molar-refractivity contribution is 0.550. The SMILES string of the molecule is S=C1N[C@H](c2ccccc2Br)[C@H](c2ccccc2Br)N1. The van der Waals surface area contributed by atoms with Crippen LogP contribution in [0.15, 0.2) is 57.5 Å². The van der Waals surface area contributed by atoms with Crippen LogP contribution in [0.3, 0.4) is 0 Å². The van der Waals surface area contributed by atoms with Gasteiger partial charge >= 0.3 is 0 Å². The van der Waals surface area contributed by atoms with Gasteiger partial charge in [-0.15, -0.1) is 0 Å². The second-order valence-electron chi connectivity index (χ2n) is 4.62. The lowest BCUT2D eigenvalue weighted by Crippen LogP contribution is -2.21. The number of hydrogen-bond acceptors (Lipinski definition) is 1. The van der Waals surface area contributed by atoms with Crippen molar-refractivity contribution in [1.82, 2.24) is 10.6 Å². The van der Waals surface area contributed by atoms with Crippen molar-refractivity contribution in [3.05, 3.63) is 68.6 Å². The summed E-state index contributed by atoms with van der Waals surface area (Å²) in [6.07, 6.45) is 0. The van der Waals surface area contributed by atoms with Crippen molar-refractivity contribution in [2.45, 2.75) is 12.1 Å². The largest absolute Gasteiger partial charge is 0.353 e. The summed E-state index contributed by atoms with van der Waals surface area (Å²) >= 11 is 12.6. The molecule has 1 fully saturated rings. The molecule has 2 N–H and O–H groups in total. The summed E-state index contributed by atoms with van der Waals surface area (Å²) in [5, 5.41) is 7.40. The van der Waals surface area contributed by atoms with Gasteiger partial charge in [0.2, 0.25) is 0 Å². The van der Waals surface area contributed by atoms with Crippen LogP contribution in [0, 0.1) is 0 Å². The highest BCUT2D eigenvalue weighted by Crippen LogP contribution is 2.38. The summed E-state index contributed by atoms with van der Waals surface area (Å²) in [6.45, 7) is 0. The minimum atomic E-state index is 0.108. The van der Waals surface area contributed by atoms with E-state index in [0.717, 1.165) is 8.95 Å². The van der Waals surface area contributed by atoms with E-state index in [1.807, 2.05) is 24.3 Å². The molecule has 5 heteroatoms. The lowest BCUT2D eigenvalue weighted by Gasteiger charge is -2.21.